The van der Waals surface area contributed by atoms with Crippen molar-refractivity contribution in [1.82, 2.24) is 0 Å². The molecule has 0 aliphatic rings. The van der Waals surface area contributed by atoms with E-state index in [0.717, 1.165) is 5.56 Å². The van der Waals surface area contributed by atoms with E-state index in [4.69, 9.17) is 11.6 Å². The summed E-state index contributed by atoms with van der Waals surface area (Å²) in [5.74, 6) is 0. The lowest BCUT2D eigenvalue weighted by atomic mass is 10.2. The third kappa shape index (κ3) is 2.87. The predicted molar refractivity (Wildman–Crippen MR) is 62.5 cm³/mol. The molecule has 1 aromatic rings. The maximum absolute atomic E-state index is 11.2. The van der Waals surface area contributed by atoms with Crippen molar-refractivity contribution in [3.8, 4) is 0 Å². The fourth-order valence-electron chi connectivity index (χ4n) is 0.913. The van der Waals surface area contributed by atoms with Gasteiger partial charge in [0.1, 0.15) is 4.66 Å². The maximum atomic E-state index is 11.2. The van der Waals surface area contributed by atoms with Crippen molar-refractivity contribution in [3.63, 3.8) is 0 Å². The Labute approximate surface area is 96.6 Å². The number of anilines is 1. The molecule has 0 fully saturated rings. The third-order valence-corrected chi connectivity index (χ3v) is 4.71. The molecular weight excluding hydrogens is 290 g/mol. The monoisotopic (exact) mass is 297 g/mol. The number of rotatable bonds is 3. The summed E-state index contributed by atoms with van der Waals surface area (Å²) >= 11 is 8.73. The molecule has 0 bridgehead atoms. The molecule has 0 aliphatic carbocycles. The van der Waals surface area contributed by atoms with E-state index in [9.17, 15) is 8.42 Å². The average Bonchev–Trinajstić information content (AvgIpc) is 2.13. The molecule has 0 saturated heterocycles. The minimum absolute atomic E-state index is 0.133. The zero-order chi connectivity index (χ0) is 10.8. The number of sulfonamides is 1. The van der Waals surface area contributed by atoms with E-state index in [1.54, 1.807) is 25.1 Å². The van der Waals surface area contributed by atoms with Crippen LogP contribution in [-0.2, 0) is 10.0 Å². The summed E-state index contributed by atoms with van der Waals surface area (Å²) in [6.45, 7) is 1.76. The summed E-state index contributed by atoms with van der Waals surface area (Å²) in [5, 5.41) is 0.541. The van der Waals surface area contributed by atoms with E-state index in [-0.39, 0.29) is 4.66 Å². The lowest BCUT2D eigenvalue weighted by Gasteiger charge is -2.09. The quantitative estimate of drug-likeness (QED) is 0.872. The smallest absolute Gasteiger partial charge is 0.242 e. The van der Waals surface area contributed by atoms with Crippen molar-refractivity contribution in [1.29, 1.82) is 0 Å². The first-order chi connectivity index (χ1) is 6.46. The van der Waals surface area contributed by atoms with Crippen LogP contribution >= 0.6 is 27.5 Å². The Bertz CT molecular complexity index is 433. The van der Waals surface area contributed by atoms with Crippen molar-refractivity contribution in [2.45, 2.75) is 6.92 Å². The summed E-state index contributed by atoms with van der Waals surface area (Å²) in [5.41, 5.74) is 1.23. The average molecular weight is 299 g/mol. The topological polar surface area (TPSA) is 46.2 Å². The van der Waals surface area contributed by atoms with Gasteiger partial charge in [-0.25, -0.2) is 8.42 Å². The molecule has 14 heavy (non-hydrogen) atoms. The molecule has 3 nitrogen and oxygen atoms in total. The van der Waals surface area contributed by atoms with Gasteiger partial charge >= 0.3 is 0 Å². The Balaban J connectivity index is 3.05. The van der Waals surface area contributed by atoms with Gasteiger partial charge in [0, 0.05) is 5.02 Å². The van der Waals surface area contributed by atoms with E-state index in [0.29, 0.717) is 10.7 Å². The number of halogens is 2. The highest BCUT2D eigenvalue weighted by molar-refractivity contribution is 9.10. The number of nitrogens with one attached hydrogen (secondary N) is 1. The second-order valence-corrected chi connectivity index (χ2v) is 6.17. The van der Waals surface area contributed by atoms with Gasteiger partial charge in [0.25, 0.3) is 0 Å². The molecule has 1 rings (SSSR count). The molecule has 78 valence electrons. The number of hydrogen-bond donors (Lipinski definition) is 1. The molecule has 0 atom stereocenters. The van der Waals surface area contributed by atoms with E-state index >= 15 is 0 Å². The van der Waals surface area contributed by atoms with E-state index < -0.39 is 10.0 Å². The van der Waals surface area contributed by atoms with Crippen molar-refractivity contribution < 1.29 is 8.42 Å². The van der Waals surface area contributed by atoms with Gasteiger partial charge < -0.3 is 0 Å². The second-order valence-electron chi connectivity index (χ2n) is 2.74. The van der Waals surface area contributed by atoms with Gasteiger partial charge in [-0.1, -0.05) is 33.6 Å². The molecular formula is C8H9BrClNO2S. The number of alkyl halides is 1. The molecule has 0 saturated carbocycles. The van der Waals surface area contributed by atoms with E-state index in [1.807, 2.05) is 0 Å². The molecule has 1 N–H and O–H groups in total. The first-order valence-corrected chi connectivity index (χ1v) is 6.93. The Morgan fingerprint density at radius 2 is 2.14 bits per heavy atom. The van der Waals surface area contributed by atoms with Crippen LogP contribution in [0.2, 0.25) is 5.02 Å². The summed E-state index contributed by atoms with van der Waals surface area (Å²) in [4.78, 5) is 0. The molecule has 0 radical (unpaired) electrons. The molecule has 0 spiro atoms. The summed E-state index contributed by atoms with van der Waals surface area (Å²) in [7, 11) is -3.30. The molecule has 0 amide bonds. The molecule has 0 heterocycles. The van der Waals surface area contributed by atoms with Gasteiger partial charge in [-0.2, -0.15) is 0 Å². The van der Waals surface area contributed by atoms with Crippen LogP contribution < -0.4 is 4.72 Å². The Kier molecular flexibility index (Phi) is 3.80. The molecule has 0 aromatic heterocycles. The minimum Gasteiger partial charge on any atom is -0.283 e. The van der Waals surface area contributed by atoms with Gasteiger partial charge in [0.15, 0.2) is 0 Å². The van der Waals surface area contributed by atoms with Crippen LogP contribution in [0.5, 0.6) is 0 Å². The highest BCUT2D eigenvalue weighted by atomic mass is 79.9. The lowest BCUT2D eigenvalue weighted by Crippen LogP contribution is -2.13. The second kappa shape index (κ2) is 4.51. The van der Waals surface area contributed by atoms with Gasteiger partial charge in [-0.05, 0) is 24.6 Å². The van der Waals surface area contributed by atoms with Crippen LogP contribution in [0.1, 0.15) is 5.56 Å². The summed E-state index contributed by atoms with van der Waals surface area (Å²) in [6, 6.07) is 5.08. The molecule has 0 aliphatic heterocycles. The standard InChI is InChI=1S/C8H9BrClNO2S/c1-6-7(10)3-2-4-8(6)11-14(12,13)5-9/h2-4,11H,5H2,1H3. The van der Waals surface area contributed by atoms with Crippen LogP contribution in [0, 0.1) is 6.92 Å². The van der Waals surface area contributed by atoms with E-state index in [2.05, 4.69) is 20.7 Å². The van der Waals surface area contributed by atoms with Crippen LogP contribution in [0.3, 0.4) is 0 Å². The van der Waals surface area contributed by atoms with Crippen LogP contribution in [-0.4, -0.2) is 13.1 Å². The predicted octanol–water partition coefficient (Wildman–Crippen LogP) is 2.74. The fraction of sp³-hybridized carbons (Fsp3) is 0.250. The van der Waals surface area contributed by atoms with Crippen molar-refractivity contribution in [2.75, 3.05) is 9.38 Å². The lowest BCUT2D eigenvalue weighted by molar-refractivity contribution is 0.606. The highest BCUT2D eigenvalue weighted by Crippen LogP contribution is 2.23. The first-order valence-electron chi connectivity index (χ1n) is 3.78. The van der Waals surface area contributed by atoms with E-state index in [1.165, 1.54) is 0 Å². The Morgan fingerprint density at radius 3 is 2.71 bits per heavy atom. The normalized spacial score (nSPS) is 11.4. The van der Waals surface area contributed by atoms with Gasteiger partial charge in [-0.3, -0.25) is 4.72 Å². The summed E-state index contributed by atoms with van der Waals surface area (Å²) < 4.78 is 24.7. The first kappa shape index (κ1) is 11.8. The van der Waals surface area contributed by atoms with Crippen molar-refractivity contribution in [3.05, 3.63) is 28.8 Å². The molecule has 0 unspecified atom stereocenters. The SMILES string of the molecule is Cc1c(Cl)cccc1NS(=O)(=O)CBr. The van der Waals surface area contributed by atoms with Gasteiger partial charge in [0.05, 0.1) is 5.69 Å². The highest BCUT2D eigenvalue weighted by Gasteiger charge is 2.10. The largest absolute Gasteiger partial charge is 0.283 e. The van der Waals surface area contributed by atoms with Crippen molar-refractivity contribution in [2.24, 2.45) is 0 Å². The van der Waals surface area contributed by atoms with Crippen LogP contribution in [0.15, 0.2) is 18.2 Å². The van der Waals surface area contributed by atoms with Gasteiger partial charge in [-0.15, -0.1) is 0 Å². The van der Waals surface area contributed by atoms with Crippen LogP contribution in [0.25, 0.3) is 0 Å². The summed E-state index contributed by atoms with van der Waals surface area (Å²) in [6.07, 6.45) is 0. The van der Waals surface area contributed by atoms with Crippen molar-refractivity contribution >= 4 is 43.2 Å². The Morgan fingerprint density at radius 1 is 1.50 bits per heavy atom. The molecule has 1 aromatic carbocycles. The number of hydrogen-bond acceptors (Lipinski definition) is 2. The Hall–Kier alpha value is -0.260. The minimum atomic E-state index is -3.30. The zero-order valence-corrected chi connectivity index (χ0v) is 10.6. The fourth-order valence-corrected chi connectivity index (χ4v) is 2.04. The molecule has 6 heteroatoms. The zero-order valence-electron chi connectivity index (χ0n) is 7.42. The third-order valence-electron chi connectivity index (χ3n) is 1.68. The van der Waals surface area contributed by atoms with Crippen LogP contribution in [0.4, 0.5) is 5.69 Å². The maximum Gasteiger partial charge on any atom is 0.242 e. The van der Waals surface area contributed by atoms with Gasteiger partial charge in [0.2, 0.25) is 10.0 Å². The number of benzene rings is 1.